The van der Waals surface area contributed by atoms with Gasteiger partial charge in [-0.3, -0.25) is 14.0 Å². The number of aromatic amines is 1. The van der Waals surface area contributed by atoms with E-state index in [9.17, 15) is 9.59 Å². The van der Waals surface area contributed by atoms with Crippen molar-refractivity contribution in [1.82, 2.24) is 14.7 Å². The van der Waals surface area contributed by atoms with Gasteiger partial charge in [-0.15, -0.1) is 0 Å². The van der Waals surface area contributed by atoms with Crippen molar-refractivity contribution in [2.45, 2.75) is 52.1 Å². The Morgan fingerprint density at radius 2 is 1.94 bits per heavy atom. The number of nitrogens with one attached hydrogen (secondary N) is 2. The lowest BCUT2D eigenvalue weighted by Crippen LogP contribution is -2.39. The quantitative estimate of drug-likeness (QED) is 0.374. The number of carbonyl (C=O) groups is 1. The van der Waals surface area contributed by atoms with Crippen molar-refractivity contribution in [1.29, 1.82) is 0 Å². The molecular weight excluding hydrogens is 484 g/mol. The summed E-state index contributed by atoms with van der Waals surface area (Å²) in [5.74, 6) is -2.08. The van der Waals surface area contributed by atoms with Gasteiger partial charge < -0.3 is 16.0 Å². The molecule has 190 valence electrons. The SMILES string of the molecule is Cc1cc(F)c(C2c3cc(N4CC[C@@H](C(C)NC(C)C)C4)c(F)cc3C(=O)c3c2s[nH]c3=O)nc1N. The normalized spacial score (nSPS) is 20.1. The molecule has 3 heterocycles. The van der Waals surface area contributed by atoms with E-state index in [1.807, 2.05) is 4.90 Å². The van der Waals surface area contributed by atoms with E-state index >= 15 is 8.78 Å². The number of rotatable bonds is 5. The molecule has 3 aromatic rings. The number of aromatic nitrogens is 2. The zero-order valence-corrected chi connectivity index (χ0v) is 21.4. The maximum Gasteiger partial charge on any atom is 0.269 e. The second kappa shape index (κ2) is 9.08. The van der Waals surface area contributed by atoms with E-state index in [1.54, 1.807) is 13.0 Å². The summed E-state index contributed by atoms with van der Waals surface area (Å²) in [5.41, 5.74) is 6.66. The molecule has 2 aliphatic rings. The highest BCUT2D eigenvalue weighted by Crippen LogP contribution is 2.44. The lowest BCUT2D eigenvalue weighted by atomic mass is 9.80. The third kappa shape index (κ3) is 4.02. The van der Waals surface area contributed by atoms with Crippen LogP contribution in [0.4, 0.5) is 20.3 Å². The predicted octanol–water partition coefficient (Wildman–Crippen LogP) is 3.94. The van der Waals surface area contributed by atoms with E-state index in [0.29, 0.717) is 46.7 Å². The smallest absolute Gasteiger partial charge is 0.269 e. The molecule has 5 rings (SSSR count). The van der Waals surface area contributed by atoms with Gasteiger partial charge in [0.25, 0.3) is 5.56 Å². The lowest BCUT2D eigenvalue weighted by molar-refractivity contribution is 0.103. The van der Waals surface area contributed by atoms with Crippen LogP contribution in [0.3, 0.4) is 0 Å². The van der Waals surface area contributed by atoms with E-state index < -0.39 is 28.9 Å². The molecule has 0 amide bonds. The van der Waals surface area contributed by atoms with Gasteiger partial charge in [0.2, 0.25) is 0 Å². The first kappa shape index (κ1) is 24.6. The molecule has 7 nitrogen and oxygen atoms in total. The second-order valence-corrected chi connectivity index (χ2v) is 10.9. The third-order valence-electron chi connectivity index (χ3n) is 7.27. The number of nitrogen functional groups attached to an aromatic ring is 1. The van der Waals surface area contributed by atoms with Crippen molar-refractivity contribution in [3.05, 3.63) is 73.0 Å². The highest BCUT2D eigenvalue weighted by molar-refractivity contribution is 7.06. The summed E-state index contributed by atoms with van der Waals surface area (Å²) in [7, 11) is 0. The van der Waals surface area contributed by atoms with Gasteiger partial charge >= 0.3 is 0 Å². The zero-order chi connectivity index (χ0) is 25.9. The maximum absolute atomic E-state index is 15.5. The van der Waals surface area contributed by atoms with Crippen LogP contribution in [0.25, 0.3) is 0 Å². The number of hydrogen-bond acceptors (Lipinski definition) is 7. The molecule has 10 heteroatoms. The number of nitrogens with zero attached hydrogens (tertiary/aromatic N) is 2. The largest absolute Gasteiger partial charge is 0.383 e. The van der Waals surface area contributed by atoms with Crippen molar-refractivity contribution in [3.8, 4) is 0 Å². The van der Waals surface area contributed by atoms with Crippen LogP contribution in [-0.2, 0) is 0 Å². The van der Waals surface area contributed by atoms with E-state index in [2.05, 4.69) is 35.4 Å². The standard InChI is InChI=1S/C26H29F2N5O2S/c1-11(2)30-13(4)14-5-6-33(10-14)19-9-15-16(8-17(19)27)23(34)21-24(36-32-26(21)35)20(15)22-18(28)7-12(3)25(29)31-22/h7-9,11,13-14,20,30H,5-6,10H2,1-4H3,(H2,29,31)(H,32,35)/t13?,14-,20?/m1/s1. The number of hydrogen-bond donors (Lipinski definition) is 3. The lowest BCUT2D eigenvalue weighted by Gasteiger charge is -2.28. The van der Waals surface area contributed by atoms with Crippen LogP contribution < -0.4 is 21.5 Å². The number of H-pyrrole nitrogens is 1. The summed E-state index contributed by atoms with van der Waals surface area (Å²) in [5, 5.41) is 3.53. The molecule has 3 atom stereocenters. The molecule has 1 aromatic carbocycles. The Morgan fingerprint density at radius 1 is 1.19 bits per heavy atom. The number of halogens is 2. The van der Waals surface area contributed by atoms with Crippen molar-refractivity contribution in [3.63, 3.8) is 0 Å². The minimum Gasteiger partial charge on any atom is -0.383 e. The van der Waals surface area contributed by atoms with Gasteiger partial charge in [-0.05, 0) is 55.5 Å². The molecule has 1 saturated heterocycles. The Balaban J connectivity index is 1.62. The molecule has 36 heavy (non-hydrogen) atoms. The van der Waals surface area contributed by atoms with Gasteiger partial charge in [-0.2, -0.15) is 0 Å². The number of anilines is 2. The Morgan fingerprint density at radius 3 is 2.67 bits per heavy atom. The Hall–Kier alpha value is -3.11. The fourth-order valence-corrected chi connectivity index (χ4v) is 6.37. The summed E-state index contributed by atoms with van der Waals surface area (Å²) in [4.78, 5) is 32.4. The van der Waals surface area contributed by atoms with Gasteiger partial charge in [0, 0.05) is 30.7 Å². The molecule has 2 aromatic heterocycles. The third-order valence-corrected chi connectivity index (χ3v) is 8.21. The van der Waals surface area contributed by atoms with Gasteiger partial charge in [-0.25, -0.2) is 13.8 Å². The Kier molecular flexibility index (Phi) is 6.20. The minimum absolute atomic E-state index is 0.00922. The topological polar surface area (TPSA) is 104 Å². The highest BCUT2D eigenvalue weighted by Gasteiger charge is 2.40. The molecule has 4 N–H and O–H groups in total. The second-order valence-electron chi connectivity index (χ2n) is 10.1. The predicted molar refractivity (Wildman–Crippen MR) is 137 cm³/mol. The number of carbonyl (C=O) groups excluding carboxylic acids is 1. The summed E-state index contributed by atoms with van der Waals surface area (Å²) in [6.45, 7) is 9.30. The molecule has 0 spiro atoms. The van der Waals surface area contributed by atoms with Crippen molar-refractivity contribution < 1.29 is 13.6 Å². The fourth-order valence-electron chi connectivity index (χ4n) is 5.42. The van der Waals surface area contributed by atoms with Crippen LogP contribution in [0.5, 0.6) is 0 Å². The van der Waals surface area contributed by atoms with Crippen LogP contribution in [0.15, 0.2) is 23.0 Å². The number of fused-ring (bicyclic) bond motifs is 2. The van der Waals surface area contributed by atoms with Crippen molar-refractivity contribution in [2.75, 3.05) is 23.7 Å². The van der Waals surface area contributed by atoms with Gasteiger partial charge in [0.1, 0.15) is 23.0 Å². The molecular formula is C26H29F2N5O2S. The minimum atomic E-state index is -0.862. The van der Waals surface area contributed by atoms with Gasteiger partial charge in [0.05, 0.1) is 22.2 Å². The van der Waals surface area contributed by atoms with E-state index in [-0.39, 0.29) is 28.7 Å². The van der Waals surface area contributed by atoms with Crippen LogP contribution in [-0.4, -0.2) is 40.3 Å². The number of benzene rings is 1. The molecule has 0 saturated carbocycles. The zero-order valence-electron chi connectivity index (χ0n) is 20.6. The van der Waals surface area contributed by atoms with E-state index in [1.165, 1.54) is 12.1 Å². The average molecular weight is 514 g/mol. The fraction of sp³-hybridized carbons (Fsp3) is 0.423. The van der Waals surface area contributed by atoms with Gasteiger partial charge in [-0.1, -0.05) is 25.4 Å². The van der Waals surface area contributed by atoms with E-state index in [4.69, 9.17) is 5.73 Å². The first-order valence-electron chi connectivity index (χ1n) is 12.1. The molecule has 1 aliphatic carbocycles. The van der Waals surface area contributed by atoms with Crippen molar-refractivity contribution in [2.24, 2.45) is 5.92 Å². The highest BCUT2D eigenvalue weighted by atomic mass is 32.1. The van der Waals surface area contributed by atoms with Crippen LogP contribution >= 0.6 is 11.5 Å². The number of ketones is 1. The first-order chi connectivity index (χ1) is 17.1. The van der Waals surface area contributed by atoms with Gasteiger partial charge in [0.15, 0.2) is 5.78 Å². The number of pyridine rings is 1. The van der Waals surface area contributed by atoms with E-state index in [0.717, 1.165) is 18.0 Å². The average Bonchev–Trinajstić information content (AvgIpc) is 3.44. The molecule has 1 aliphatic heterocycles. The molecule has 0 radical (unpaired) electrons. The molecule has 2 unspecified atom stereocenters. The van der Waals surface area contributed by atoms with Crippen LogP contribution in [0, 0.1) is 24.5 Å². The Labute approximate surface area is 211 Å². The molecule has 0 bridgehead atoms. The number of nitrogens with two attached hydrogens (primary N) is 1. The van der Waals surface area contributed by atoms with Crippen LogP contribution in [0.1, 0.15) is 70.7 Å². The summed E-state index contributed by atoms with van der Waals surface area (Å²) < 4.78 is 33.3. The first-order valence-corrected chi connectivity index (χ1v) is 12.9. The van der Waals surface area contributed by atoms with Crippen LogP contribution in [0.2, 0.25) is 0 Å². The van der Waals surface area contributed by atoms with Crippen molar-refractivity contribution >= 4 is 28.8 Å². The Bertz CT molecular complexity index is 1420. The molecule has 1 fully saturated rings. The monoisotopic (exact) mass is 513 g/mol. The maximum atomic E-state index is 15.5. The summed E-state index contributed by atoms with van der Waals surface area (Å²) >= 11 is 0.972. The summed E-state index contributed by atoms with van der Waals surface area (Å²) in [6, 6.07) is 4.70. The summed E-state index contributed by atoms with van der Waals surface area (Å²) in [6.07, 6.45) is 0.897. The number of aryl methyl sites for hydroxylation is 1.